The van der Waals surface area contributed by atoms with Gasteiger partial charge in [-0.15, -0.1) is 10.2 Å². The van der Waals surface area contributed by atoms with E-state index in [2.05, 4.69) is 10.2 Å². The number of methoxy groups -OCH3 is 1. The predicted octanol–water partition coefficient (Wildman–Crippen LogP) is 1.76. The van der Waals surface area contributed by atoms with Crippen LogP contribution in [0, 0.1) is 6.92 Å². The summed E-state index contributed by atoms with van der Waals surface area (Å²) in [5.41, 5.74) is 0.792. The molecule has 0 aliphatic carbocycles. The average molecular weight is 279 g/mol. The molecule has 2 rings (SSSR count). The van der Waals surface area contributed by atoms with E-state index in [1.54, 1.807) is 11.7 Å². The smallest absolute Gasteiger partial charge is 0.313 e. The van der Waals surface area contributed by atoms with Crippen molar-refractivity contribution in [2.75, 3.05) is 12.9 Å². The van der Waals surface area contributed by atoms with Crippen LogP contribution in [0.3, 0.4) is 0 Å². The predicted molar refractivity (Wildman–Crippen MR) is 71.0 cm³/mol. The van der Waals surface area contributed by atoms with Crippen molar-refractivity contribution in [3.63, 3.8) is 0 Å². The van der Waals surface area contributed by atoms with Crippen molar-refractivity contribution in [3.05, 3.63) is 30.1 Å². The van der Waals surface area contributed by atoms with Crippen LogP contribution in [0.15, 0.2) is 29.4 Å². The minimum Gasteiger partial charge on any atom is -0.495 e. The van der Waals surface area contributed by atoms with Crippen molar-refractivity contribution in [2.45, 2.75) is 12.1 Å². The van der Waals surface area contributed by atoms with Crippen molar-refractivity contribution in [1.29, 1.82) is 0 Å². The van der Waals surface area contributed by atoms with Crippen LogP contribution >= 0.6 is 11.8 Å². The summed E-state index contributed by atoms with van der Waals surface area (Å²) in [4.78, 5) is 10.6. The molecule has 7 heteroatoms. The van der Waals surface area contributed by atoms with Gasteiger partial charge in [0.15, 0.2) is 5.16 Å². The first-order valence-electron chi connectivity index (χ1n) is 5.53. The Bertz CT molecular complexity index is 598. The largest absolute Gasteiger partial charge is 0.495 e. The monoisotopic (exact) mass is 279 g/mol. The lowest BCUT2D eigenvalue weighted by Gasteiger charge is -2.11. The molecule has 0 radical (unpaired) electrons. The molecule has 1 heterocycles. The highest BCUT2D eigenvalue weighted by atomic mass is 32.2. The Hall–Kier alpha value is -2.02. The van der Waals surface area contributed by atoms with Gasteiger partial charge in [-0.1, -0.05) is 23.9 Å². The van der Waals surface area contributed by atoms with Gasteiger partial charge < -0.3 is 9.84 Å². The molecule has 1 aromatic carbocycles. The van der Waals surface area contributed by atoms with Gasteiger partial charge in [0.1, 0.15) is 11.6 Å². The summed E-state index contributed by atoms with van der Waals surface area (Å²) in [7, 11) is 1.59. The van der Waals surface area contributed by atoms with Crippen LogP contribution in [-0.4, -0.2) is 38.7 Å². The zero-order chi connectivity index (χ0) is 13.8. The van der Waals surface area contributed by atoms with Crippen molar-refractivity contribution in [1.82, 2.24) is 14.8 Å². The first-order chi connectivity index (χ1) is 9.13. The fourth-order valence-electron chi connectivity index (χ4n) is 1.65. The van der Waals surface area contributed by atoms with Crippen LogP contribution < -0.4 is 4.74 Å². The third kappa shape index (κ3) is 2.87. The number of benzene rings is 1. The molecule has 19 heavy (non-hydrogen) atoms. The zero-order valence-electron chi connectivity index (χ0n) is 10.5. The Kier molecular flexibility index (Phi) is 4.06. The quantitative estimate of drug-likeness (QED) is 0.840. The highest BCUT2D eigenvalue weighted by Crippen LogP contribution is 2.28. The second-order valence-corrected chi connectivity index (χ2v) is 4.66. The van der Waals surface area contributed by atoms with Crippen molar-refractivity contribution in [3.8, 4) is 11.4 Å². The summed E-state index contributed by atoms with van der Waals surface area (Å²) in [6, 6.07) is 7.45. The number of aromatic nitrogens is 3. The fraction of sp³-hybridized carbons (Fsp3) is 0.250. The normalized spacial score (nSPS) is 10.4. The van der Waals surface area contributed by atoms with E-state index in [4.69, 9.17) is 9.84 Å². The molecule has 6 nitrogen and oxygen atoms in total. The molecule has 0 spiro atoms. The molecule has 0 bridgehead atoms. The zero-order valence-corrected chi connectivity index (χ0v) is 11.3. The first kappa shape index (κ1) is 13.4. The number of carboxylic acid groups (broad SMARTS) is 1. The van der Waals surface area contributed by atoms with E-state index in [-0.39, 0.29) is 5.75 Å². The van der Waals surface area contributed by atoms with Crippen LogP contribution in [0.4, 0.5) is 0 Å². The molecule has 1 aromatic heterocycles. The minimum absolute atomic E-state index is 0.0622. The van der Waals surface area contributed by atoms with Crippen molar-refractivity contribution in [2.24, 2.45) is 0 Å². The van der Waals surface area contributed by atoms with Gasteiger partial charge >= 0.3 is 5.97 Å². The fourth-order valence-corrected chi connectivity index (χ4v) is 2.37. The van der Waals surface area contributed by atoms with Gasteiger partial charge in [0.05, 0.1) is 18.6 Å². The van der Waals surface area contributed by atoms with Crippen molar-refractivity contribution >= 4 is 17.7 Å². The molecule has 0 aliphatic heterocycles. The second-order valence-electron chi connectivity index (χ2n) is 3.72. The number of thioether (sulfide) groups is 1. The van der Waals surface area contributed by atoms with E-state index in [9.17, 15) is 4.79 Å². The molecule has 0 fully saturated rings. The standard InChI is InChI=1S/C12H13N3O3S/c1-8-13-14-12(19-7-11(16)17)15(8)9-5-3-4-6-10(9)18-2/h3-6H,7H2,1-2H3,(H,16,17). The van der Waals surface area contributed by atoms with E-state index in [0.29, 0.717) is 16.7 Å². The van der Waals surface area contributed by atoms with Crippen LogP contribution in [0.5, 0.6) is 5.75 Å². The maximum Gasteiger partial charge on any atom is 0.313 e. The Morgan fingerprint density at radius 1 is 1.42 bits per heavy atom. The van der Waals surface area contributed by atoms with Crippen LogP contribution in [0.25, 0.3) is 5.69 Å². The Labute approximate surface area is 114 Å². The van der Waals surface area contributed by atoms with Gasteiger partial charge in [0.25, 0.3) is 0 Å². The number of hydrogen-bond donors (Lipinski definition) is 1. The number of aliphatic carboxylic acids is 1. The number of hydrogen-bond acceptors (Lipinski definition) is 5. The van der Waals surface area contributed by atoms with Gasteiger partial charge in [-0.2, -0.15) is 0 Å². The molecule has 0 amide bonds. The lowest BCUT2D eigenvalue weighted by atomic mass is 10.3. The second kappa shape index (κ2) is 5.75. The third-order valence-corrected chi connectivity index (χ3v) is 3.36. The number of nitrogens with zero attached hydrogens (tertiary/aromatic N) is 3. The van der Waals surface area contributed by atoms with Gasteiger partial charge in [0, 0.05) is 0 Å². The Morgan fingerprint density at radius 2 is 2.16 bits per heavy atom. The molecule has 1 N–H and O–H groups in total. The highest BCUT2D eigenvalue weighted by Gasteiger charge is 2.15. The number of para-hydroxylation sites is 2. The summed E-state index contributed by atoms with van der Waals surface area (Å²) in [6.45, 7) is 1.81. The lowest BCUT2D eigenvalue weighted by Crippen LogP contribution is -2.04. The SMILES string of the molecule is COc1ccccc1-n1c(C)nnc1SCC(=O)O. The topological polar surface area (TPSA) is 77.2 Å². The minimum atomic E-state index is -0.891. The van der Waals surface area contributed by atoms with Gasteiger partial charge in [-0.05, 0) is 19.1 Å². The summed E-state index contributed by atoms with van der Waals surface area (Å²) < 4.78 is 7.09. The number of ether oxygens (including phenoxy) is 1. The molecular formula is C12H13N3O3S. The summed E-state index contributed by atoms with van der Waals surface area (Å²) >= 11 is 1.12. The number of carboxylic acids is 1. The van der Waals surface area contributed by atoms with Crippen LogP contribution in [0.2, 0.25) is 0 Å². The van der Waals surface area contributed by atoms with E-state index in [0.717, 1.165) is 17.4 Å². The number of aryl methyl sites for hydroxylation is 1. The third-order valence-electron chi connectivity index (χ3n) is 2.45. The molecule has 0 atom stereocenters. The van der Waals surface area contributed by atoms with E-state index in [1.807, 2.05) is 31.2 Å². The first-order valence-corrected chi connectivity index (χ1v) is 6.52. The van der Waals surface area contributed by atoms with Gasteiger partial charge in [-0.25, -0.2) is 0 Å². The molecule has 0 unspecified atom stereocenters. The molecule has 100 valence electrons. The van der Waals surface area contributed by atoms with E-state index >= 15 is 0 Å². The maximum absolute atomic E-state index is 10.6. The molecular weight excluding hydrogens is 266 g/mol. The summed E-state index contributed by atoms with van der Waals surface area (Å²) in [5, 5.41) is 17.3. The van der Waals surface area contributed by atoms with Crippen molar-refractivity contribution < 1.29 is 14.6 Å². The summed E-state index contributed by atoms with van der Waals surface area (Å²) in [5.74, 6) is 0.407. The average Bonchev–Trinajstić information content (AvgIpc) is 2.77. The van der Waals surface area contributed by atoms with Crippen LogP contribution in [0.1, 0.15) is 5.82 Å². The van der Waals surface area contributed by atoms with E-state index < -0.39 is 5.97 Å². The van der Waals surface area contributed by atoms with Gasteiger partial charge in [-0.3, -0.25) is 9.36 Å². The summed E-state index contributed by atoms with van der Waals surface area (Å²) in [6.07, 6.45) is 0. The van der Waals surface area contributed by atoms with Gasteiger partial charge in [0.2, 0.25) is 0 Å². The number of carbonyl (C=O) groups is 1. The molecule has 0 saturated heterocycles. The molecule has 2 aromatic rings. The lowest BCUT2D eigenvalue weighted by molar-refractivity contribution is -0.133. The van der Waals surface area contributed by atoms with E-state index in [1.165, 1.54) is 0 Å². The maximum atomic E-state index is 10.6. The Balaban J connectivity index is 2.43. The Morgan fingerprint density at radius 3 is 2.84 bits per heavy atom. The highest BCUT2D eigenvalue weighted by molar-refractivity contribution is 7.99. The molecule has 0 saturated carbocycles. The van der Waals surface area contributed by atoms with Crippen LogP contribution in [-0.2, 0) is 4.79 Å². The molecule has 0 aliphatic rings. The number of rotatable bonds is 5.